The van der Waals surface area contributed by atoms with Gasteiger partial charge in [-0.25, -0.2) is 9.97 Å². The first-order valence-electron chi connectivity index (χ1n) is 17.8. The number of nitrogen functional groups attached to an aromatic ring is 1. The Labute approximate surface area is 271 Å². The number of ether oxygens (including phenoxy) is 2. The first kappa shape index (κ1) is 38.4. The second-order valence-corrected chi connectivity index (χ2v) is 13.0. The Kier molecular flexibility index (Phi) is 20.1. The minimum atomic E-state index is -0.686. The van der Waals surface area contributed by atoms with Crippen LogP contribution in [-0.2, 0) is 25.6 Å². The van der Waals surface area contributed by atoms with Gasteiger partial charge in [-0.3, -0.25) is 9.59 Å². The van der Waals surface area contributed by atoms with E-state index in [4.69, 9.17) is 20.9 Å². The van der Waals surface area contributed by atoms with Crippen LogP contribution in [-0.4, -0.2) is 50.7 Å². The van der Waals surface area contributed by atoms with Gasteiger partial charge in [-0.2, -0.15) is 4.98 Å². The van der Waals surface area contributed by atoms with Crippen molar-refractivity contribution in [1.29, 1.82) is 0 Å². The molecule has 0 fully saturated rings. The summed E-state index contributed by atoms with van der Waals surface area (Å²) in [6.45, 7) is 6.90. The Bertz CT molecular complexity index is 1080. The first-order valence-corrected chi connectivity index (χ1v) is 17.8. The van der Waals surface area contributed by atoms with Crippen molar-refractivity contribution < 1.29 is 19.1 Å². The van der Waals surface area contributed by atoms with Gasteiger partial charge in [-0.1, -0.05) is 124 Å². The molecule has 0 aliphatic carbocycles. The fourth-order valence-corrected chi connectivity index (χ4v) is 5.48. The predicted octanol–water partition coefficient (Wildman–Crippen LogP) is 7.53. The molecule has 0 radical (unpaired) electrons. The van der Waals surface area contributed by atoms with Crippen molar-refractivity contribution in [3.8, 4) is 0 Å². The van der Waals surface area contributed by atoms with Crippen LogP contribution in [0.5, 0.6) is 0 Å². The fraction of sp³-hybridized carbons (Fsp3) is 0.800. The smallest absolute Gasteiger partial charge is 0.323 e. The van der Waals surface area contributed by atoms with Crippen LogP contribution in [0.1, 0.15) is 143 Å². The Morgan fingerprint density at radius 2 is 1.38 bits per heavy atom. The van der Waals surface area contributed by atoms with E-state index < -0.39 is 12.0 Å². The zero-order valence-electron chi connectivity index (χ0n) is 28.5. The maximum atomic E-state index is 12.4. The van der Waals surface area contributed by atoms with Crippen LogP contribution in [0.2, 0.25) is 0 Å². The fourth-order valence-electron chi connectivity index (χ4n) is 5.48. The molecule has 0 saturated heterocycles. The van der Waals surface area contributed by atoms with Crippen molar-refractivity contribution in [2.24, 2.45) is 17.6 Å². The van der Waals surface area contributed by atoms with Gasteiger partial charge in [0, 0.05) is 18.9 Å². The third-order valence-corrected chi connectivity index (χ3v) is 8.56. The minimum Gasteiger partial charge on any atom is -0.466 e. The molecule has 0 aromatic carbocycles. The number of fused-ring (bicyclic) bond motifs is 1. The summed E-state index contributed by atoms with van der Waals surface area (Å²) in [6, 6.07) is -0.686. The van der Waals surface area contributed by atoms with Crippen LogP contribution in [0.15, 0.2) is 12.5 Å². The molecule has 2 aromatic rings. The molecular formula is C35H62N6O4. The quantitative estimate of drug-likeness (QED) is 0.0754. The summed E-state index contributed by atoms with van der Waals surface area (Å²) in [5.41, 5.74) is 13.0. The Morgan fingerprint density at radius 3 is 1.93 bits per heavy atom. The van der Waals surface area contributed by atoms with E-state index >= 15 is 0 Å². The molecule has 2 atom stereocenters. The number of rotatable bonds is 27. The Morgan fingerprint density at radius 1 is 0.822 bits per heavy atom. The highest BCUT2D eigenvalue weighted by Crippen LogP contribution is 2.17. The molecule has 10 nitrogen and oxygen atoms in total. The van der Waals surface area contributed by atoms with E-state index in [1.807, 2.05) is 18.4 Å². The maximum Gasteiger partial charge on any atom is 0.323 e. The Balaban J connectivity index is 1.57. The minimum absolute atomic E-state index is 0.0245. The predicted molar refractivity (Wildman–Crippen MR) is 181 cm³/mol. The number of nitrogens with two attached hydrogens (primary N) is 2. The van der Waals surface area contributed by atoms with Gasteiger partial charge in [0.05, 0.1) is 25.7 Å². The van der Waals surface area contributed by atoms with Crippen molar-refractivity contribution >= 4 is 29.1 Å². The number of nitrogens with zero attached hydrogens (tertiary/aromatic N) is 4. The number of anilines is 1. The number of imidazole rings is 1. The summed E-state index contributed by atoms with van der Waals surface area (Å²) in [5.74, 6) is -0.609. The third kappa shape index (κ3) is 16.9. The van der Waals surface area contributed by atoms with Crippen molar-refractivity contribution in [3.05, 3.63) is 12.5 Å². The zero-order chi connectivity index (χ0) is 32.7. The first-order chi connectivity index (χ1) is 21.8. The van der Waals surface area contributed by atoms with Crippen molar-refractivity contribution in [2.75, 3.05) is 18.9 Å². The van der Waals surface area contributed by atoms with E-state index in [0.717, 1.165) is 12.8 Å². The van der Waals surface area contributed by atoms with E-state index in [2.05, 4.69) is 21.9 Å². The molecule has 45 heavy (non-hydrogen) atoms. The molecule has 0 aliphatic heterocycles. The van der Waals surface area contributed by atoms with Crippen LogP contribution in [0.4, 0.5) is 5.95 Å². The highest BCUT2D eigenvalue weighted by molar-refractivity contribution is 5.75. The van der Waals surface area contributed by atoms with E-state index in [-0.39, 0.29) is 37.0 Å². The number of carbonyl (C=O) groups is 2. The topological polar surface area (TPSA) is 148 Å². The average molecular weight is 631 g/mol. The van der Waals surface area contributed by atoms with Crippen LogP contribution in [0.25, 0.3) is 11.2 Å². The van der Waals surface area contributed by atoms with Crippen LogP contribution in [0.3, 0.4) is 0 Å². The van der Waals surface area contributed by atoms with E-state index in [1.165, 1.54) is 96.3 Å². The molecule has 2 heterocycles. The van der Waals surface area contributed by atoms with Gasteiger partial charge in [-0.05, 0) is 18.8 Å². The molecule has 0 unspecified atom stereocenters. The maximum absolute atomic E-state index is 12.4. The summed E-state index contributed by atoms with van der Waals surface area (Å²) in [4.78, 5) is 37.4. The highest BCUT2D eigenvalue weighted by Gasteiger charge is 2.22. The average Bonchev–Trinajstić information content (AvgIpc) is 3.41. The van der Waals surface area contributed by atoms with Crippen molar-refractivity contribution in [2.45, 2.75) is 155 Å². The summed E-state index contributed by atoms with van der Waals surface area (Å²) in [5, 5.41) is 0. The number of esters is 2. The van der Waals surface area contributed by atoms with E-state index in [9.17, 15) is 9.59 Å². The lowest BCUT2D eigenvalue weighted by Crippen LogP contribution is -2.38. The van der Waals surface area contributed by atoms with Crippen molar-refractivity contribution in [1.82, 2.24) is 19.5 Å². The number of aromatic nitrogens is 4. The van der Waals surface area contributed by atoms with Gasteiger partial charge in [0.1, 0.15) is 11.6 Å². The summed E-state index contributed by atoms with van der Waals surface area (Å²) in [7, 11) is 0. The molecule has 2 rings (SSSR count). The summed E-state index contributed by atoms with van der Waals surface area (Å²) in [6.07, 6.45) is 26.5. The van der Waals surface area contributed by atoms with E-state index in [1.54, 1.807) is 12.5 Å². The normalized spacial score (nSPS) is 12.9. The van der Waals surface area contributed by atoms with Gasteiger partial charge in [0.25, 0.3) is 0 Å². The standard InChI is InChI=1S/C35H62N6O4/c1-4-5-6-7-8-9-10-11-12-13-14-15-16-17-18-19-20-21-31(42)44-23-22-29(26-45-34(43)32(36)28(2)3)25-41-27-39-30-24-38-35(37)40-33(30)41/h24,27-29,32H,4-23,25-26,36H2,1-3H3,(H2,37,38,40)/t29-,32+/m1/s1. The lowest BCUT2D eigenvalue weighted by Gasteiger charge is -2.20. The Hall–Kier alpha value is -2.75. The second-order valence-electron chi connectivity index (χ2n) is 13.0. The van der Waals surface area contributed by atoms with Gasteiger partial charge >= 0.3 is 11.9 Å². The SMILES string of the molecule is CCCCCCCCCCCCCCCCCCCC(=O)OCC[C@@H](COC(=O)[C@@H](N)C(C)C)Cn1cnc2cnc(N)nc21. The molecule has 0 bridgehead atoms. The molecule has 256 valence electrons. The largest absolute Gasteiger partial charge is 0.466 e. The van der Waals surface area contributed by atoms with Gasteiger partial charge < -0.3 is 25.5 Å². The third-order valence-electron chi connectivity index (χ3n) is 8.56. The van der Waals surface area contributed by atoms with Gasteiger partial charge in [0.2, 0.25) is 5.95 Å². The molecule has 0 spiro atoms. The number of hydrogen-bond donors (Lipinski definition) is 2. The van der Waals surface area contributed by atoms with Crippen molar-refractivity contribution in [3.63, 3.8) is 0 Å². The van der Waals surface area contributed by atoms with E-state index in [0.29, 0.717) is 30.6 Å². The van der Waals surface area contributed by atoms with Crippen LogP contribution < -0.4 is 11.5 Å². The monoisotopic (exact) mass is 630 g/mol. The molecule has 4 N–H and O–H groups in total. The lowest BCUT2D eigenvalue weighted by molar-refractivity contribution is -0.149. The van der Waals surface area contributed by atoms with Gasteiger partial charge in [-0.15, -0.1) is 0 Å². The summed E-state index contributed by atoms with van der Waals surface area (Å²) >= 11 is 0. The van der Waals surface area contributed by atoms with Gasteiger partial charge in [0.15, 0.2) is 5.65 Å². The summed E-state index contributed by atoms with van der Waals surface area (Å²) < 4.78 is 12.9. The molecule has 0 amide bonds. The molecule has 10 heteroatoms. The number of carbonyl (C=O) groups excluding carboxylic acids is 2. The molecule has 0 saturated carbocycles. The molecule has 2 aromatic heterocycles. The molecule has 0 aliphatic rings. The van der Waals surface area contributed by atoms with Crippen LogP contribution >= 0.6 is 0 Å². The lowest BCUT2D eigenvalue weighted by atomic mass is 10.0. The number of hydrogen-bond acceptors (Lipinski definition) is 9. The zero-order valence-corrected chi connectivity index (χ0v) is 28.5. The van der Waals surface area contributed by atoms with Crippen LogP contribution in [0, 0.1) is 11.8 Å². The highest BCUT2D eigenvalue weighted by atomic mass is 16.5. The molecular weight excluding hydrogens is 568 g/mol. The second kappa shape index (κ2) is 23.6. The number of unbranched alkanes of at least 4 members (excludes halogenated alkanes) is 16.